The van der Waals surface area contributed by atoms with Gasteiger partial charge in [-0.05, 0) is 67.9 Å². The molecule has 6 rings (SSSR count). The quantitative estimate of drug-likeness (QED) is 0.426. The van der Waals surface area contributed by atoms with Crippen molar-refractivity contribution >= 4 is 22.4 Å². The Hall–Kier alpha value is -2.98. The van der Waals surface area contributed by atoms with Gasteiger partial charge in [0.1, 0.15) is 17.4 Å². The third-order valence-electron chi connectivity index (χ3n) is 8.46. The van der Waals surface area contributed by atoms with Crippen molar-refractivity contribution in [1.29, 1.82) is 0 Å². The lowest BCUT2D eigenvalue weighted by Crippen LogP contribution is -2.65. The highest BCUT2D eigenvalue weighted by Crippen LogP contribution is 2.49. The van der Waals surface area contributed by atoms with E-state index in [2.05, 4.69) is 20.4 Å². The number of benzene rings is 2. The summed E-state index contributed by atoms with van der Waals surface area (Å²) in [6, 6.07) is 4.86. The molecule has 2 aliphatic heterocycles. The molecule has 0 radical (unpaired) electrons. The second-order valence-corrected chi connectivity index (χ2v) is 11.5. The Kier molecular flexibility index (Phi) is 6.22. The molecule has 1 unspecified atom stereocenters. The maximum Gasteiger partial charge on any atom is 0.251 e. The number of aromatic amines is 1. The van der Waals surface area contributed by atoms with E-state index in [0.717, 1.165) is 42.4 Å². The van der Waals surface area contributed by atoms with Gasteiger partial charge < -0.3 is 5.32 Å². The second-order valence-electron chi connectivity index (χ2n) is 11.5. The van der Waals surface area contributed by atoms with Crippen molar-refractivity contribution in [2.24, 2.45) is 5.41 Å². The molecule has 2 atom stereocenters. The topological polar surface area (TPSA) is 64.3 Å². The number of alkyl halides is 2. The van der Waals surface area contributed by atoms with E-state index in [1.807, 2.05) is 6.92 Å². The second kappa shape index (κ2) is 9.34. The van der Waals surface area contributed by atoms with Gasteiger partial charge in [0.15, 0.2) is 0 Å². The number of aromatic nitrogens is 2. The number of Topliss-reactive ketones (excluding diaryl/α,β-unsaturated/α-hetero) is 1. The third-order valence-corrected chi connectivity index (χ3v) is 8.46. The smallest absolute Gasteiger partial charge is 0.251 e. The minimum Gasteiger partial charge on any atom is -0.382 e. The fraction of sp³-hybridized carbons (Fsp3) is 0.500. The summed E-state index contributed by atoms with van der Waals surface area (Å²) in [5.41, 5.74) is 2.61. The van der Waals surface area contributed by atoms with Crippen LogP contribution in [0.3, 0.4) is 0 Å². The Balaban J connectivity index is 1.26. The molecule has 1 spiro atoms. The molecule has 10 heteroatoms. The highest BCUT2D eigenvalue weighted by Gasteiger charge is 2.52. The fourth-order valence-electron chi connectivity index (χ4n) is 7.03. The van der Waals surface area contributed by atoms with Crippen molar-refractivity contribution in [2.75, 3.05) is 31.5 Å². The van der Waals surface area contributed by atoms with Gasteiger partial charge in [0, 0.05) is 41.8 Å². The molecule has 1 saturated carbocycles. The number of anilines is 1. The van der Waals surface area contributed by atoms with Crippen molar-refractivity contribution in [1.82, 2.24) is 20.0 Å². The Bertz CT molecular complexity index is 1350. The fourth-order valence-corrected chi connectivity index (χ4v) is 7.03. The molecule has 1 aliphatic carbocycles. The van der Waals surface area contributed by atoms with Crippen molar-refractivity contribution < 1.29 is 22.4 Å². The summed E-state index contributed by atoms with van der Waals surface area (Å²) in [5, 5.41) is 11.1. The average molecular weight is 530 g/mol. The first-order chi connectivity index (χ1) is 18.1. The number of hydrogen-bond donors (Lipinski definition) is 2. The minimum atomic E-state index is -2.64. The van der Waals surface area contributed by atoms with Crippen LogP contribution in [0.15, 0.2) is 30.5 Å². The molecule has 1 saturated heterocycles. The van der Waals surface area contributed by atoms with Gasteiger partial charge in [0.2, 0.25) is 0 Å². The maximum absolute atomic E-state index is 15.7. The summed E-state index contributed by atoms with van der Waals surface area (Å²) >= 11 is 0. The van der Waals surface area contributed by atoms with Gasteiger partial charge >= 0.3 is 0 Å². The van der Waals surface area contributed by atoms with Crippen molar-refractivity contribution in [2.45, 2.75) is 57.7 Å². The standard InChI is InChI=1S/C28H31F4N5O/c1-15-5-20-19(3-4-24-21(20)10-33-35-24)27(37(15)12-25(31)32)26-22(29)6-17(7-23(26)30)34-18-8-28(9-18)13-36(14-28)11-16(2)38/h3-4,6-7,10,15,18,25,27,34H,5,8-9,11-14H2,1-2H3,(H,33,35)/t15?,27-/m0/s1. The normalized spacial score (nSPS) is 23.4. The largest absolute Gasteiger partial charge is 0.382 e. The summed E-state index contributed by atoms with van der Waals surface area (Å²) < 4.78 is 58.7. The molecule has 38 heavy (non-hydrogen) atoms. The minimum absolute atomic E-state index is 0.0965. The summed E-state index contributed by atoms with van der Waals surface area (Å²) in [6.07, 6.45) is 1.26. The maximum atomic E-state index is 15.7. The highest BCUT2D eigenvalue weighted by molar-refractivity contribution is 5.83. The number of likely N-dealkylation sites (tertiary alicyclic amines) is 1. The highest BCUT2D eigenvalue weighted by atomic mass is 19.3. The molecular formula is C28H31F4N5O. The van der Waals surface area contributed by atoms with E-state index in [1.54, 1.807) is 25.3 Å². The Morgan fingerprint density at radius 2 is 1.92 bits per heavy atom. The Labute approximate surface area is 218 Å². The molecule has 202 valence electrons. The van der Waals surface area contributed by atoms with E-state index in [4.69, 9.17) is 0 Å². The number of nitrogens with zero attached hydrogens (tertiary/aromatic N) is 3. The van der Waals surface area contributed by atoms with Crippen LogP contribution in [0.25, 0.3) is 10.9 Å². The van der Waals surface area contributed by atoms with Crippen LogP contribution in [-0.4, -0.2) is 70.5 Å². The zero-order valence-corrected chi connectivity index (χ0v) is 21.4. The summed E-state index contributed by atoms with van der Waals surface area (Å²) in [6.45, 7) is 5.02. The summed E-state index contributed by atoms with van der Waals surface area (Å²) in [4.78, 5) is 14.9. The van der Waals surface area contributed by atoms with Crippen LogP contribution in [0.4, 0.5) is 23.2 Å². The first-order valence-electron chi connectivity index (χ1n) is 13.1. The predicted octanol–water partition coefficient (Wildman–Crippen LogP) is 4.91. The summed E-state index contributed by atoms with van der Waals surface area (Å²) in [5.74, 6) is -1.36. The number of rotatable bonds is 7. The lowest BCUT2D eigenvalue weighted by Gasteiger charge is -2.59. The molecule has 3 aliphatic rings. The third kappa shape index (κ3) is 4.37. The lowest BCUT2D eigenvalue weighted by molar-refractivity contribution is -0.125. The van der Waals surface area contributed by atoms with E-state index in [1.165, 1.54) is 17.0 Å². The number of H-pyrrole nitrogens is 1. The molecule has 1 aromatic heterocycles. The first-order valence-corrected chi connectivity index (χ1v) is 13.1. The zero-order valence-electron chi connectivity index (χ0n) is 21.4. The van der Waals surface area contributed by atoms with Gasteiger partial charge in [-0.15, -0.1) is 0 Å². The van der Waals surface area contributed by atoms with Crippen LogP contribution in [0.5, 0.6) is 0 Å². The van der Waals surface area contributed by atoms with E-state index in [0.29, 0.717) is 24.2 Å². The van der Waals surface area contributed by atoms with Gasteiger partial charge in [-0.1, -0.05) is 6.07 Å². The number of nitrogens with one attached hydrogen (secondary N) is 2. The molecule has 3 heterocycles. The van der Waals surface area contributed by atoms with E-state index >= 15 is 8.78 Å². The van der Waals surface area contributed by atoms with Crippen LogP contribution in [-0.2, 0) is 11.2 Å². The Morgan fingerprint density at radius 1 is 1.21 bits per heavy atom. The van der Waals surface area contributed by atoms with Crippen LogP contribution < -0.4 is 5.32 Å². The van der Waals surface area contributed by atoms with Crippen LogP contribution >= 0.6 is 0 Å². The van der Waals surface area contributed by atoms with Crippen molar-refractivity contribution in [3.8, 4) is 0 Å². The average Bonchev–Trinajstić information content (AvgIpc) is 3.26. The van der Waals surface area contributed by atoms with E-state index in [9.17, 15) is 13.6 Å². The molecule has 6 nitrogen and oxygen atoms in total. The molecule has 0 bridgehead atoms. The van der Waals surface area contributed by atoms with E-state index < -0.39 is 30.6 Å². The molecule has 2 fully saturated rings. The number of hydrogen-bond acceptors (Lipinski definition) is 5. The van der Waals surface area contributed by atoms with Crippen molar-refractivity contribution in [3.05, 3.63) is 58.8 Å². The van der Waals surface area contributed by atoms with E-state index in [-0.39, 0.29) is 28.8 Å². The van der Waals surface area contributed by atoms with Gasteiger partial charge in [-0.3, -0.25) is 19.7 Å². The van der Waals surface area contributed by atoms with Gasteiger partial charge in [-0.25, -0.2) is 17.6 Å². The number of ketones is 1. The molecule has 0 amide bonds. The number of carbonyl (C=O) groups is 1. The number of fused-ring (bicyclic) bond motifs is 3. The number of carbonyl (C=O) groups excluding carboxylic acids is 1. The SMILES string of the molecule is CC(=O)CN1CC2(CC(Nc3cc(F)c([C@@H]4c5ccc6[nH]ncc6c5CC(C)N4CC(F)F)c(F)c3)C2)C1. The lowest BCUT2D eigenvalue weighted by atomic mass is 9.60. The Morgan fingerprint density at radius 3 is 2.58 bits per heavy atom. The predicted molar refractivity (Wildman–Crippen MR) is 136 cm³/mol. The first kappa shape index (κ1) is 25.3. The zero-order chi connectivity index (χ0) is 26.8. The van der Waals surface area contributed by atoms with Crippen LogP contribution in [0.1, 0.15) is 49.4 Å². The molecule has 2 aromatic carbocycles. The van der Waals surface area contributed by atoms with Crippen LogP contribution in [0.2, 0.25) is 0 Å². The number of halogens is 4. The monoisotopic (exact) mass is 529 g/mol. The molecule has 2 N–H and O–H groups in total. The van der Waals surface area contributed by atoms with Gasteiger partial charge in [-0.2, -0.15) is 5.10 Å². The van der Waals surface area contributed by atoms with Gasteiger partial charge in [0.25, 0.3) is 6.43 Å². The van der Waals surface area contributed by atoms with Crippen molar-refractivity contribution in [3.63, 3.8) is 0 Å². The molecule has 3 aromatic rings. The van der Waals surface area contributed by atoms with Crippen LogP contribution in [0, 0.1) is 17.0 Å². The molecular weight excluding hydrogens is 498 g/mol. The van der Waals surface area contributed by atoms with Gasteiger partial charge in [0.05, 0.1) is 30.8 Å². The summed E-state index contributed by atoms with van der Waals surface area (Å²) in [7, 11) is 0.